The Morgan fingerprint density at radius 1 is 1.28 bits per heavy atom. The highest BCUT2D eigenvalue weighted by atomic mass is 16.5. The Balaban J connectivity index is 1.43. The van der Waals surface area contributed by atoms with Crippen LogP contribution in [0.3, 0.4) is 0 Å². The summed E-state index contributed by atoms with van der Waals surface area (Å²) in [6, 6.07) is 13.7. The van der Waals surface area contributed by atoms with Crippen molar-refractivity contribution in [2.45, 2.75) is 25.8 Å². The molecule has 6 heteroatoms. The normalized spacial score (nSPS) is 17.2. The second-order valence-electron chi connectivity index (χ2n) is 6.22. The van der Waals surface area contributed by atoms with Gasteiger partial charge >= 0.3 is 0 Å². The third-order valence-corrected chi connectivity index (χ3v) is 4.48. The molecule has 6 nitrogen and oxygen atoms in total. The number of aromatic nitrogens is 2. The highest BCUT2D eigenvalue weighted by Crippen LogP contribution is 2.31. The van der Waals surface area contributed by atoms with Crippen LogP contribution in [0.1, 0.15) is 30.6 Å². The standard InChI is InChI=1S/C19H19N3O3/c1-13-20-19(25-21-13)17-7-4-10-22(17)18(23)12-24-16-9-8-14-5-2-3-6-15(14)11-16/h2-3,5-6,8-9,11,17H,4,7,10,12H2,1H3. The maximum absolute atomic E-state index is 12.6. The van der Waals surface area contributed by atoms with Crippen LogP contribution in [0.25, 0.3) is 10.8 Å². The number of aryl methyl sites for hydroxylation is 1. The molecular weight excluding hydrogens is 318 g/mol. The van der Waals surface area contributed by atoms with Crippen LogP contribution >= 0.6 is 0 Å². The molecule has 0 radical (unpaired) electrons. The molecule has 0 aliphatic carbocycles. The fourth-order valence-corrected chi connectivity index (χ4v) is 3.26. The SMILES string of the molecule is Cc1noc(C2CCCN2C(=O)COc2ccc3ccccc3c2)n1. The van der Waals surface area contributed by atoms with Gasteiger partial charge in [-0.15, -0.1) is 0 Å². The van der Waals surface area contributed by atoms with Gasteiger partial charge in [-0.2, -0.15) is 4.98 Å². The van der Waals surface area contributed by atoms with Gasteiger partial charge in [0.2, 0.25) is 5.89 Å². The molecular formula is C19H19N3O3. The zero-order valence-corrected chi connectivity index (χ0v) is 14.0. The Kier molecular flexibility index (Phi) is 4.09. The van der Waals surface area contributed by atoms with Gasteiger partial charge in [-0.1, -0.05) is 35.5 Å². The number of benzene rings is 2. The van der Waals surface area contributed by atoms with Crippen molar-refractivity contribution in [1.29, 1.82) is 0 Å². The van der Waals surface area contributed by atoms with Crippen LogP contribution in [0.5, 0.6) is 5.75 Å². The maximum atomic E-state index is 12.6. The molecule has 1 saturated heterocycles. The largest absolute Gasteiger partial charge is 0.484 e. The van der Waals surface area contributed by atoms with E-state index in [1.165, 1.54) is 0 Å². The Bertz CT molecular complexity index is 906. The summed E-state index contributed by atoms with van der Waals surface area (Å²) >= 11 is 0. The lowest BCUT2D eigenvalue weighted by Gasteiger charge is -2.21. The number of fused-ring (bicyclic) bond motifs is 1. The molecule has 2 heterocycles. The van der Waals surface area contributed by atoms with E-state index >= 15 is 0 Å². The summed E-state index contributed by atoms with van der Waals surface area (Å²) < 4.78 is 11.0. The molecule has 1 unspecified atom stereocenters. The Morgan fingerprint density at radius 3 is 2.92 bits per heavy atom. The van der Waals surface area contributed by atoms with Crippen molar-refractivity contribution in [3.8, 4) is 5.75 Å². The number of carbonyl (C=O) groups excluding carboxylic acids is 1. The maximum Gasteiger partial charge on any atom is 0.261 e. The molecule has 1 atom stereocenters. The van der Waals surface area contributed by atoms with Gasteiger partial charge in [0.15, 0.2) is 12.4 Å². The van der Waals surface area contributed by atoms with Crippen LogP contribution in [0.4, 0.5) is 0 Å². The van der Waals surface area contributed by atoms with Crippen LogP contribution in [0.15, 0.2) is 47.0 Å². The van der Waals surface area contributed by atoms with Crippen molar-refractivity contribution in [3.63, 3.8) is 0 Å². The van der Waals surface area contributed by atoms with Gasteiger partial charge in [-0.05, 0) is 42.7 Å². The topological polar surface area (TPSA) is 68.5 Å². The average Bonchev–Trinajstić information content (AvgIpc) is 3.28. The number of rotatable bonds is 4. The van der Waals surface area contributed by atoms with Gasteiger partial charge in [0.05, 0.1) is 0 Å². The highest BCUT2D eigenvalue weighted by Gasteiger charge is 2.33. The summed E-state index contributed by atoms with van der Waals surface area (Å²) in [5.41, 5.74) is 0. The summed E-state index contributed by atoms with van der Waals surface area (Å²) in [4.78, 5) is 18.6. The lowest BCUT2D eigenvalue weighted by Crippen LogP contribution is -2.34. The van der Waals surface area contributed by atoms with Crippen molar-refractivity contribution >= 4 is 16.7 Å². The minimum absolute atomic E-state index is 0.00194. The number of hydrogen-bond donors (Lipinski definition) is 0. The Morgan fingerprint density at radius 2 is 2.12 bits per heavy atom. The molecule has 0 bridgehead atoms. The van der Waals surface area contributed by atoms with Gasteiger partial charge in [0.25, 0.3) is 5.91 Å². The second kappa shape index (κ2) is 6.55. The van der Waals surface area contributed by atoms with E-state index in [4.69, 9.17) is 9.26 Å². The van der Waals surface area contributed by atoms with E-state index < -0.39 is 0 Å². The van der Waals surface area contributed by atoms with E-state index in [9.17, 15) is 4.79 Å². The van der Waals surface area contributed by atoms with E-state index in [-0.39, 0.29) is 18.6 Å². The van der Waals surface area contributed by atoms with Crippen LogP contribution in [-0.4, -0.2) is 34.1 Å². The smallest absolute Gasteiger partial charge is 0.261 e. The summed E-state index contributed by atoms with van der Waals surface area (Å²) in [6.07, 6.45) is 1.76. The quantitative estimate of drug-likeness (QED) is 0.731. The Labute approximate surface area is 145 Å². The number of nitrogens with zero attached hydrogens (tertiary/aromatic N) is 3. The van der Waals surface area contributed by atoms with Gasteiger partial charge < -0.3 is 14.2 Å². The van der Waals surface area contributed by atoms with Gasteiger partial charge in [0, 0.05) is 6.54 Å². The first-order valence-corrected chi connectivity index (χ1v) is 8.42. The predicted octanol–water partition coefficient (Wildman–Crippen LogP) is 3.27. The summed E-state index contributed by atoms with van der Waals surface area (Å²) in [5, 5.41) is 6.06. The van der Waals surface area contributed by atoms with Gasteiger partial charge in [0.1, 0.15) is 11.8 Å². The van der Waals surface area contributed by atoms with E-state index in [0.29, 0.717) is 24.0 Å². The molecule has 1 aliphatic rings. The average molecular weight is 337 g/mol. The molecule has 2 aromatic carbocycles. The van der Waals surface area contributed by atoms with Crippen LogP contribution < -0.4 is 4.74 Å². The molecule has 3 aromatic rings. The summed E-state index contributed by atoms with van der Waals surface area (Å²) in [5.74, 6) is 1.72. The van der Waals surface area contributed by atoms with E-state index in [2.05, 4.69) is 10.1 Å². The van der Waals surface area contributed by atoms with Crippen molar-refractivity contribution < 1.29 is 14.1 Å². The lowest BCUT2D eigenvalue weighted by molar-refractivity contribution is -0.134. The van der Waals surface area contributed by atoms with Crippen molar-refractivity contribution in [2.75, 3.05) is 13.2 Å². The van der Waals surface area contributed by atoms with Crippen LogP contribution in [-0.2, 0) is 4.79 Å². The molecule has 1 aliphatic heterocycles. The zero-order chi connectivity index (χ0) is 17.2. The first-order valence-electron chi connectivity index (χ1n) is 8.42. The number of amides is 1. The molecule has 0 saturated carbocycles. The number of likely N-dealkylation sites (tertiary alicyclic amines) is 1. The molecule has 25 heavy (non-hydrogen) atoms. The molecule has 0 N–H and O–H groups in total. The minimum atomic E-state index is -0.145. The third kappa shape index (κ3) is 3.20. The number of carbonyl (C=O) groups is 1. The summed E-state index contributed by atoms with van der Waals surface area (Å²) in [6.45, 7) is 2.46. The third-order valence-electron chi connectivity index (χ3n) is 4.48. The molecule has 1 fully saturated rings. The second-order valence-corrected chi connectivity index (χ2v) is 6.22. The van der Waals surface area contributed by atoms with Crippen molar-refractivity contribution in [2.24, 2.45) is 0 Å². The van der Waals surface area contributed by atoms with Crippen LogP contribution in [0, 0.1) is 6.92 Å². The molecule has 0 spiro atoms. The van der Waals surface area contributed by atoms with Gasteiger partial charge in [-0.3, -0.25) is 4.79 Å². The lowest BCUT2D eigenvalue weighted by atomic mass is 10.1. The molecule has 1 aromatic heterocycles. The number of ether oxygens (including phenoxy) is 1. The molecule has 4 rings (SSSR count). The minimum Gasteiger partial charge on any atom is -0.484 e. The predicted molar refractivity (Wildman–Crippen MR) is 92.2 cm³/mol. The van der Waals surface area contributed by atoms with Gasteiger partial charge in [-0.25, -0.2) is 0 Å². The van der Waals surface area contributed by atoms with E-state index in [0.717, 1.165) is 23.6 Å². The number of hydrogen-bond acceptors (Lipinski definition) is 5. The first kappa shape index (κ1) is 15.6. The van der Waals surface area contributed by atoms with Crippen molar-refractivity contribution in [1.82, 2.24) is 15.0 Å². The first-order chi connectivity index (χ1) is 12.2. The zero-order valence-electron chi connectivity index (χ0n) is 14.0. The van der Waals surface area contributed by atoms with Crippen molar-refractivity contribution in [3.05, 3.63) is 54.2 Å². The fourth-order valence-electron chi connectivity index (χ4n) is 3.26. The monoisotopic (exact) mass is 337 g/mol. The fraction of sp³-hybridized carbons (Fsp3) is 0.316. The van der Waals surface area contributed by atoms with E-state index in [1.54, 1.807) is 11.8 Å². The van der Waals surface area contributed by atoms with Crippen LogP contribution in [0.2, 0.25) is 0 Å². The molecule has 1 amide bonds. The Hall–Kier alpha value is -2.89. The molecule has 128 valence electrons. The van der Waals surface area contributed by atoms with E-state index in [1.807, 2.05) is 42.5 Å². The summed E-state index contributed by atoms with van der Waals surface area (Å²) in [7, 11) is 0. The highest BCUT2D eigenvalue weighted by molar-refractivity contribution is 5.84.